The van der Waals surface area contributed by atoms with Gasteiger partial charge in [0.15, 0.2) is 0 Å². The van der Waals surface area contributed by atoms with E-state index in [-0.39, 0.29) is 44.4 Å². The molecule has 0 N–H and O–H groups in total. The lowest BCUT2D eigenvalue weighted by Crippen LogP contribution is -2.68. The lowest BCUT2D eigenvalue weighted by Gasteiger charge is -2.48. The van der Waals surface area contributed by atoms with E-state index in [0.29, 0.717) is 28.3 Å². The molecule has 1 saturated heterocycles. The molecule has 2 aliphatic rings. The average molecular weight is 488 g/mol. The van der Waals surface area contributed by atoms with E-state index in [0.717, 1.165) is 0 Å². The van der Waals surface area contributed by atoms with Crippen molar-refractivity contribution < 1.29 is 28.6 Å². The van der Waals surface area contributed by atoms with Crippen LogP contribution in [-0.4, -0.2) is 53.6 Å². The van der Waals surface area contributed by atoms with E-state index in [1.807, 2.05) is 12.1 Å². The van der Waals surface area contributed by atoms with Gasteiger partial charge in [-0.1, -0.05) is 30.3 Å². The van der Waals surface area contributed by atoms with Gasteiger partial charge in [-0.3, -0.25) is 19.5 Å². The van der Waals surface area contributed by atoms with Gasteiger partial charge in [0, 0.05) is 38.3 Å². The van der Waals surface area contributed by atoms with Crippen molar-refractivity contribution in [1.82, 2.24) is 9.88 Å². The van der Waals surface area contributed by atoms with Gasteiger partial charge in [0.1, 0.15) is 18.1 Å². The molecule has 2 aromatic carbocycles. The average Bonchev–Trinajstić information content (AvgIpc) is 3.26. The number of para-hydroxylation sites is 2. The highest BCUT2D eigenvalue weighted by Crippen LogP contribution is 2.45. The van der Waals surface area contributed by atoms with Gasteiger partial charge in [-0.2, -0.15) is 0 Å². The highest BCUT2D eigenvalue weighted by Gasteiger charge is 2.61. The van der Waals surface area contributed by atoms with E-state index in [9.17, 15) is 14.4 Å². The maximum absolute atomic E-state index is 13.8. The predicted molar refractivity (Wildman–Crippen MR) is 129 cm³/mol. The maximum atomic E-state index is 13.8. The Morgan fingerprint density at radius 2 is 1.86 bits per heavy atom. The van der Waals surface area contributed by atoms with Gasteiger partial charge in [-0.25, -0.2) is 4.79 Å². The molecule has 3 aromatic rings. The summed E-state index contributed by atoms with van der Waals surface area (Å²) in [6.07, 6.45) is 3.47. The first-order valence-electron chi connectivity index (χ1n) is 11.6. The Morgan fingerprint density at radius 1 is 1.06 bits per heavy atom. The van der Waals surface area contributed by atoms with Gasteiger partial charge in [-0.15, -0.1) is 0 Å². The van der Waals surface area contributed by atoms with Crippen LogP contribution in [0.3, 0.4) is 0 Å². The number of carbonyl (C=O) groups is 3. The summed E-state index contributed by atoms with van der Waals surface area (Å²) in [6, 6.07) is 17.5. The molecule has 1 aromatic heterocycles. The van der Waals surface area contributed by atoms with Gasteiger partial charge in [-0.05, 0) is 30.3 Å². The van der Waals surface area contributed by atoms with E-state index in [1.54, 1.807) is 60.9 Å². The number of ether oxygens (including phenoxy) is 3. The van der Waals surface area contributed by atoms with Crippen LogP contribution in [-0.2, 0) is 25.7 Å². The number of nitrogens with zero attached hydrogens (tertiary/aromatic N) is 3. The third-order valence-electron chi connectivity index (χ3n) is 6.41. The number of hydrogen-bond donors (Lipinski definition) is 0. The van der Waals surface area contributed by atoms with Crippen LogP contribution in [0.5, 0.6) is 11.5 Å². The zero-order valence-corrected chi connectivity index (χ0v) is 19.8. The van der Waals surface area contributed by atoms with Crippen LogP contribution in [0.25, 0.3) is 0 Å². The number of amides is 2. The van der Waals surface area contributed by atoms with Gasteiger partial charge >= 0.3 is 5.97 Å². The standard InChI is InChI=1S/C27H25N3O6/c1-34-16-15-29-25(32)21-9-3-4-10-22(21)30-24(31)12-13-27(29,30)26(33)35-18-19-7-2-5-11-23(19)36-20-8-6-14-28-17-20/h2-11,14,17H,12-13,15-16,18H2,1H3. The minimum absolute atomic E-state index is 0.104. The first kappa shape index (κ1) is 23.5. The summed E-state index contributed by atoms with van der Waals surface area (Å²) < 4.78 is 16.9. The molecule has 5 rings (SSSR count). The highest BCUT2D eigenvalue weighted by atomic mass is 16.5. The molecule has 0 spiro atoms. The summed E-state index contributed by atoms with van der Waals surface area (Å²) in [5, 5.41) is 0. The summed E-state index contributed by atoms with van der Waals surface area (Å²) >= 11 is 0. The van der Waals surface area contributed by atoms with Gasteiger partial charge in [0.2, 0.25) is 11.6 Å². The van der Waals surface area contributed by atoms with Crippen molar-refractivity contribution in [2.24, 2.45) is 0 Å². The van der Waals surface area contributed by atoms with Crippen molar-refractivity contribution in [3.8, 4) is 11.5 Å². The third-order valence-corrected chi connectivity index (χ3v) is 6.41. The monoisotopic (exact) mass is 487 g/mol. The minimum Gasteiger partial charge on any atom is -0.458 e. The number of hydrogen-bond acceptors (Lipinski definition) is 7. The van der Waals surface area contributed by atoms with E-state index >= 15 is 0 Å². The molecule has 2 amide bonds. The first-order chi connectivity index (χ1) is 17.6. The van der Waals surface area contributed by atoms with Crippen molar-refractivity contribution in [2.75, 3.05) is 25.2 Å². The van der Waals surface area contributed by atoms with Crippen LogP contribution in [0.1, 0.15) is 28.8 Å². The summed E-state index contributed by atoms with van der Waals surface area (Å²) in [4.78, 5) is 47.3. The number of methoxy groups -OCH3 is 1. The van der Waals surface area contributed by atoms with E-state index in [1.165, 1.54) is 16.9 Å². The number of benzene rings is 2. The SMILES string of the molecule is COCCN1C(=O)c2ccccc2N2C(=O)CCC12C(=O)OCc1ccccc1Oc1cccnc1. The zero-order chi connectivity index (χ0) is 25.1. The predicted octanol–water partition coefficient (Wildman–Crippen LogP) is 3.54. The fourth-order valence-electron chi connectivity index (χ4n) is 4.75. The fraction of sp³-hybridized carbons (Fsp3) is 0.259. The minimum atomic E-state index is -1.58. The fourth-order valence-corrected chi connectivity index (χ4v) is 4.75. The Bertz CT molecular complexity index is 1300. The maximum Gasteiger partial charge on any atom is 0.354 e. The molecule has 1 fully saturated rings. The third kappa shape index (κ3) is 3.97. The van der Waals surface area contributed by atoms with E-state index in [2.05, 4.69) is 4.98 Å². The summed E-state index contributed by atoms with van der Waals surface area (Å²) in [7, 11) is 1.52. The molecule has 3 heterocycles. The van der Waals surface area contributed by atoms with E-state index < -0.39 is 11.6 Å². The molecule has 9 heteroatoms. The molecular formula is C27H25N3O6. The Morgan fingerprint density at radius 3 is 2.67 bits per heavy atom. The number of aromatic nitrogens is 1. The van der Waals surface area contributed by atoms with Crippen molar-refractivity contribution in [2.45, 2.75) is 25.1 Å². The van der Waals surface area contributed by atoms with Gasteiger partial charge < -0.3 is 19.1 Å². The molecule has 2 aliphatic heterocycles. The van der Waals surface area contributed by atoms with Crippen LogP contribution >= 0.6 is 0 Å². The molecule has 184 valence electrons. The summed E-state index contributed by atoms with van der Waals surface area (Å²) in [5.74, 6) is -0.205. The first-order valence-corrected chi connectivity index (χ1v) is 11.6. The van der Waals surface area contributed by atoms with Crippen LogP contribution in [0.15, 0.2) is 73.1 Å². The molecule has 0 saturated carbocycles. The molecule has 36 heavy (non-hydrogen) atoms. The number of esters is 1. The normalized spacial score (nSPS) is 18.6. The number of anilines is 1. The number of rotatable bonds is 8. The smallest absolute Gasteiger partial charge is 0.354 e. The number of pyridine rings is 1. The number of carbonyl (C=O) groups excluding carboxylic acids is 3. The Kier molecular flexibility index (Phi) is 6.39. The second-order valence-electron chi connectivity index (χ2n) is 8.49. The molecule has 0 bridgehead atoms. The quantitative estimate of drug-likeness (QED) is 0.448. The van der Waals surface area contributed by atoms with Crippen LogP contribution in [0.4, 0.5) is 5.69 Å². The second-order valence-corrected chi connectivity index (χ2v) is 8.49. The zero-order valence-electron chi connectivity index (χ0n) is 19.8. The molecule has 1 unspecified atom stereocenters. The van der Waals surface area contributed by atoms with Crippen LogP contribution in [0.2, 0.25) is 0 Å². The molecule has 0 aliphatic carbocycles. The second kappa shape index (κ2) is 9.79. The topological polar surface area (TPSA) is 98.3 Å². The van der Waals surface area contributed by atoms with Crippen LogP contribution in [0, 0.1) is 0 Å². The Labute approximate surface area is 208 Å². The molecule has 1 atom stereocenters. The lowest BCUT2D eigenvalue weighted by atomic mass is 9.96. The summed E-state index contributed by atoms with van der Waals surface area (Å²) in [6.45, 7) is 0.225. The summed E-state index contributed by atoms with van der Waals surface area (Å²) in [5.41, 5.74) is -0.174. The van der Waals surface area contributed by atoms with Crippen LogP contribution < -0.4 is 9.64 Å². The van der Waals surface area contributed by atoms with Crippen molar-refractivity contribution >= 4 is 23.5 Å². The van der Waals surface area contributed by atoms with Crippen molar-refractivity contribution in [3.05, 3.63) is 84.2 Å². The Hall–Kier alpha value is -4.24. The molecule has 0 radical (unpaired) electrons. The van der Waals surface area contributed by atoms with Gasteiger partial charge in [0.25, 0.3) is 5.91 Å². The largest absolute Gasteiger partial charge is 0.458 e. The number of fused-ring (bicyclic) bond motifs is 3. The molecular weight excluding hydrogens is 462 g/mol. The Balaban J connectivity index is 1.46. The highest BCUT2D eigenvalue weighted by molar-refractivity contribution is 6.15. The molecule has 9 nitrogen and oxygen atoms in total. The van der Waals surface area contributed by atoms with Crippen molar-refractivity contribution in [1.29, 1.82) is 0 Å². The van der Waals surface area contributed by atoms with E-state index in [4.69, 9.17) is 14.2 Å². The van der Waals surface area contributed by atoms with Gasteiger partial charge in [0.05, 0.1) is 24.1 Å². The van der Waals surface area contributed by atoms with Crippen molar-refractivity contribution in [3.63, 3.8) is 0 Å². The lowest BCUT2D eigenvalue weighted by molar-refractivity contribution is -0.159.